The Hall–Kier alpha value is -4.28. The van der Waals surface area contributed by atoms with Crippen LogP contribution in [0.1, 0.15) is 27.5 Å². The van der Waals surface area contributed by atoms with Crippen LogP contribution < -0.4 is 10.2 Å². The first-order valence-electron chi connectivity index (χ1n) is 13.3. The number of carbonyl (C=O) groups excluding carboxylic acids is 2. The highest BCUT2D eigenvalue weighted by molar-refractivity contribution is 8.00. The van der Waals surface area contributed by atoms with Crippen molar-refractivity contribution in [2.45, 2.75) is 18.7 Å². The van der Waals surface area contributed by atoms with E-state index in [4.69, 9.17) is 5.10 Å². The van der Waals surface area contributed by atoms with Crippen LogP contribution in [0.3, 0.4) is 0 Å². The zero-order valence-electron chi connectivity index (χ0n) is 22.6. The largest absolute Gasteiger partial charge is 0.350 e. The minimum Gasteiger partial charge on any atom is -0.350 e. The van der Waals surface area contributed by atoms with Crippen molar-refractivity contribution in [2.24, 2.45) is 0 Å². The quantitative estimate of drug-likeness (QED) is 0.227. The normalized spacial score (nSPS) is 14.9. The number of carbonyl (C=O) groups is 2. The Kier molecular flexibility index (Phi) is 7.90. The van der Waals surface area contributed by atoms with Gasteiger partial charge >= 0.3 is 0 Å². The number of nitrogens with one attached hydrogen (secondary N) is 1. The summed E-state index contributed by atoms with van der Waals surface area (Å²) in [4.78, 5) is 29.4. The molecule has 1 N–H and O–H groups in total. The number of aromatic nitrogens is 2. The number of para-hydroxylation sites is 1. The number of nitrogens with zero attached hydrogens (tertiary/aromatic N) is 3. The van der Waals surface area contributed by atoms with Crippen LogP contribution in [-0.2, 0) is 16.1 Å². The molecule has 0 saturated heterocycles. The van der Waals surface area contributed by atoms with Gasteiger partial charge in [0.2, 0.25) is 11.8 Å². The maximum Gasteiger partial charge on any atom is 0.240 e. The molecule has 2 aromatic heterocycles. The minimum absolute atomic E-state index is 0.0383. The lowest BCUT2D eigenvalue weighted by Gasteiger charge is -2.23. The molecule has 0 spiro atoms. The lowest BCUT2D eigenvalue weighted by Crippen LogP contribution is -2.42. The summed E-state index contributed by atoms with van der Waals surface area (Å²) >= 11 is 2.83. The summed E-state index contributed by atoms with van der Waals surface area (Å²) in [7, 11) is 0. The average Bonchev–Trinajstić information content (AvgIpc) is 3.63. The van der Waals surface area contributed by atoms with E-state index in [-0.39, 0.29) is 42.3 Å². The third-order valence-electron chi connectivity index (χ3n) is 7.08. The van der Waals surface area contributed by atoms with Crippen molar-refractivity contribution >= 4 is 40.7 Å². The number of fused-ring (bicyclic) bond motifs is 1. The van der Waals surface area contributed by atoms with Gasteiger partial charge in [-0.05, 0) is 53.8 Å². The van der Waals surface area contributed by atoms with Crippen LogP contribution in [0, 0.1) is 18.6 Å². The molecule has 0 unspecified atom stereocenters. The van der Waals surface area contributed by atoms with Crippen LogP contribution in [-0.4, -0.2) is 33.9 Å². The van der Waals surface area contributed by atoms with Crippen LogP contribution in [0.15, 0.2) is 90.3 Å². The van der Waals surface area contributed by atoms with E-state index in [9.17, 15) is 14.0 Å². The average molecular weight is 601 g/mol. The van der Waals surface area contributed by atoms with Crippen LogP contribution in [0.5, 0.6) is 0 Å². The number of benzene rings is 3. The smallest absolute Gasteiger partial charge is 0.240 e. The maximum absolute atomic E-state index is 15.3. The molecule has 0 fully saturated rings. The summed E-state index contributed by atoms with van der Waals surface area (Å²) in [6.45, 7) is 1.87. The molecule has 6 nitrogen and oxygen atoms in total. The highest BCUT2D eigenvalue weighted by Gasteiger charge is 2.38. The Bertz CT molecular complexity index is 1750. The Morgan fingerprint density at radius 3 is 2.50 bits per heavy atom. The monoisotopic (exact) mass is 600 g/mol. The molecule has 10 heteroatoms. The second-order valence-electron chi connectivity index (χ2n) is 9.86. The van der Waals surface area contributed by atoms with E-state index < -0.39 is 5.25 Å². The molecule has 1 aliphatic rings. The number of hydrogen-bond donors (Lipinski definition) is 1. The number of amides is 2. The summed E-state index contributed by atoms with van der Waals surface area (Å²) < 4.78 is 30.4. The van der Waals surface area contributed by atoms with Crippen molar-refractivity contribution in [3.8, 4) is 16.3 Å². The minimum atomic E-state index is -0.549. The molecule has 0 bridgehead atoms. The summed E-state index contributed by atoms with van der Waals surface area (Å²) in [5.74, 6) is -0.933. The molecule has 6 rings (SSSR count). The fourth-order valence-electron chi connectivity index (χ4n) is 5.02. The molecule has 5 aromatic rings. The van der Waals surface area contributed by atoms with E-state index in [0.717, 1.165) is 21.7 Å². The molecular formula is C32H26F2N4O2S2. The molecule has 2 amide bonds. The Balaban J connectivity index is 1.50. The van der Waals surface area contributed by atoms with Crippen molar-refractivity contribution in [3.63, 3.8) is 0 Å². The van der Waals surface area contributed by atoms with Crippen LogP contribution in [0.2, 0.25) is 0 Å². The number of rotatable bonds is 7. The summed E-state index contributed by atoms with van der Waals surface area (Å²) in [5, 5.41) is 9.28. The SMILES string of the molecule is Cc1ccccc1-n1nc(-c2cccs2)c2c1N(CC(=O)NCc1ccc(F)cc1)C(=O)CS[C@@H]2c1ccccc1F. The van der Waals surface area contributed by atoms with Crippen LogP contribution >= 0.6 is 23.1 Å². The van der Waals surface area contributed by atoms with Crippen LogP contribution in [0.4, 0.5) is 14.6 Å². The number of aryl methyl sites for hydroxylation is 1. The van der Waals surface area contributed by atoms with Gasteiger partial charge in [-0.15, -0.1) is 23.1 Å². The number of halogens is 2. The molecule has 1 aliphatic heterocycles. The van der Waals surface area contributed by atoms with Gasteiger partial charge in [-0.2, -0.15) is 5.10 Å². The van der Waals surface area contributed by atoms with Crippen molar-refractivity contribution in [3.05, 3.63) is 124 Å². The Labute approximate surface area is 250 Å². The van der Waals surface area contributed by atoms with Crippen molar-refractivity contribution in [2.75, 3.05) is 17.2 Å². The lowest BCUT2D eigenvalue weighted by molar-refractivity contribution is -0.123. The van der Waals surface area contributed by atoms with E-state index in [2.05, 4.69) is 5.32 Å². The van der Waals surface area contributed by atoms with Crippen LogP contribution in [0.25, 0.3) is 16.3 Å². The first-order chi connectivity index (χ1) is 20.4. The number of hydrogen-bond acceptors (Lipinski definition) is 5. The number of anilines is 1. The van der Waals surface area contributed by atoms with Gasteiger partial charge in [-0.3, -0.25) is 14.5 Å². The van der Waals surface area contributed by atoms with Gasteiger partial charge in [-0.1, -0.05) is 54.6 Å². The van der Waals surface area contributed by atoms with Crippen molar-refractivity contribution < 1.29 is 18.4 Å². The van der Waals surface area contributed by atoms with E-state index >= 15 is 4.39 Å². The van der Waals surface area contributed by atoms with Gasteiger partial charge in [0.1, 0.15) is 29.7 Å². The first-order valence-corrected chi connectivity index (χ1v) is 15.2. The van der Waals surface area contributed by atoms with Gasteiger partial charge in [-0.25, -0.2) is 13.5 Å². The van der Waals surface area contributed by atoms with E-state index in [1.165, 1.54) is 46.2 Å². The molecule has 3 heterocycles. The lowest BCUT2D eigenvalue weighted by atomic mass is 10.0. The van der Waals surface area contributed by atoms with Crippen molar-refractivity contribution in [1.82, 2.24) is 15.1 Å². The maximum atomic E-state index is 15.3. The Morgan fingerprint density at radius 1 is 1.00 bits per heavy atom. The highest BCUT2D eigenvalue weighted by Crippen LogP contribution is 2.49. The Morgan fingerprint density at radius 2 is 1.76 bits per heavy atom. The summed E-state index contributed by atoms with van der Waals surface area (Å²) in [6.07, 6.45) is 0. The standard InChI is InChI=1S/C32H26F2N4O2S2/c1-20-7-2-5-10-25(20)38-32-29(30(36-38)26-11-6-16-41-26)31(23-8-3-4-9-24(23)34)42-19-28(40)37(32)18-27(39)35-17-21-12-14-22(33)15-13-21/h2-16,31H,17-19H2,1H3,(H,35,39)/t31-/m1/s1. The third kappa shape index (κ3) is 5.47. The zero-order valence-corrected chi connectivity index (χ0v) is 24.2. The van der Waals surface area contributed by atoms with Gasteiger partial charge in [0.05, 0.1) is 21.6 Å². The molecule has 0 saturated carbocycles. The summed E-state index contributed by atoms with van der Waals surface area (Å²) in [6, 6.07) is 24.0. The van der Waals surface area contributed by atoms with Gasteiger partial charge in [0.15, 0.2) is 0 Å². The molecule has 212 valence electrons. The van der Waals surface area contributed by atoms with E-state index in [1.807, 2.05) is 48.7 Å². The molecular weight excluding hydrogens is 575 g/mol. The first kappa shape index (κ1) is 27.9. The van der Waals surface area contributed by atoms with E-state index in [0.29, 0.717) is 22.6 Å². The fourth-order valence-corrected chi connectivity index (χ4v) is 6.96. The molecule has 3 aromatic carbocycles. The van der Waals surface area contributed by atoms with Gasteiger partial charge in [0, 0.05) is 17.7 Å². The second kappa shape index (κ2) is 11.9. The molecule has 1 atom stereocenters. The molecule has 0 aliphatic carbocycles. The number of thioether (sulfide) groups is 1. The topological polar surface area (TPSA) is 67.2 Å². The zero-order chi connectivity index (χ0) is 29.2. The molecule has 0 radical (unpaired) electrons. The van der Waals surface area contributed by atoms with Gasteiger partial charge < -0.3 is 5.32 Å². The molecule has 42 heavy (non-hydrogen) atoms. The van der Waals surface area contributed by atoms with Crippen molar-refractivity contribution in [1.29, 1.82) is 0 Å². The fraction of sp³-hybridized carbons (Fsp3) is 0.156. The van der Waals surface area contributed by atoms with Gasteiger partial charge in [0.25, 0.3) is 0 Å². The highest BCUT2D eigenvalue weighted by atomic mass is 32.2. The van der Waals surface area contributed by atoms with E-state index in [1.54, 1.807) is 35.0 Å². The third-order valence-corrected chi connectivity index (χ3v) is 9.19. The second-order valence-corrected chi connectivity index (χ2v) is 11.9. The predicted octanol–water partition coefficient (Wildman–Crippen LogP) is 6.67. The predicted molar refractivity (Wildman–Crippen MR) is 163 cm³/mol. The summed E-state index contributed by atoms with van der Waals surface area (Å²) in [5.41, 5.74) is 4.16. The number of thiophene rings is 1.